The SMILES string of the molecule is COc1ccccc1C(=O)N(Cc1cc2ccccc2[nH]c1=O)c1ccccc1OC. The van der Waals surface area contributed by atoms with Crippen LogP contribution in [0.15, 0.2) is 83.7 Å². The molecule has 0 spiro atoms. The molecule has 0 aliphatic heterocycles. The molecule has 0 fully saturated rings. The van der Waals surface area contributed by atoms with Crippen LogP contribution in [0, 0.1) is 0 Å². The lowest BCUT2D eigenvalue weighted by molar-refractivity contribution is 0.0981. The number of aromatic amines is 1. The average molecular weight is 414 g/mol. The standard InChI is InChI=1S/C25H22N2O4/c1-30-22-13-7-4-10-19(22)25(29)27(21-12-6-8-14-23(21)31-2)16-18-15-17-9-3-5-11-20(17)26-24(18)28/h3-15H,16H2,1-2H3,(H,26,28). The highest BCUT2D eigenvalue weighted by Crippen LogP contribution is 2.32. The second-order valence-electron chi connectivity index (χ2n) is 6.97. The van der Waals surface area contributed by atoms with Crippen molar-refractivity contribution in [2.45, 2.75) is 6.54 Å². The minimum Gasteiger partial charge on any atom is -0.496 e. The van der Waals surface area contributed by atoms with Crippen LogP contribution in [0.4, 0.5) is 5.69 Å². The molecule has 1 N–H and O–H groups in total. The molecule has 6 nitrogen and oxygen atoms in total. The van der Waals surface area contributed by atoms with Gasteiger partial charge in [-0.05, 0) is 41.8 Å². The summed E-state index contributed by atoms with van der Waals surface area (Å²) in [5, 5.41) is 0.891. The first-order valence-corrected chi connectivity index (χ1v) is 9.81. The van der Waals surface area contributed by atoms with Crippen molar-refractivity contribution in [3.05, 3.63) is 100 Å². The fourth-order valence-electron chi connectivity index (χ4n) is 3.57. The van der Waals surface area contributed by atoms with E-state index in [1.165, 1.54) is 12.0 Å². The highest BCUT2D eigenvalue weighted by Gasteiger charge is 2.24. The van der Waals surface area contributed by atoms with Crippen molar-refractivity contribution in [3.8, 4) is 11.5 Å². The van der Waals surface area contributed by atoms with Crippen molar-refractivity contribution in [1.29, 1.82) is 0 Å². The van der Waals surface area contributed by atoms with Gasteiger partial charge in [0, 0.05) is 11.1 Å². The summed E-state index contributed by atoms with van der Waals surface area (Å²) in [4.78, 5) is 30.9. The van der Waals surface area contributed by atoms with Gasteiger partial charge >= 0.3 is 0 Å². The molecular weight excluding hydrogens is 392 g/mol. The minimum absolute atomic E-state index is 0.0669. The van der Waals surface area contributed by atoms with E-state index >= 15 is 0 Å². The van der Waals surface area contributed by atoms with E-state index in [0.717, 1.165) is 10.9 Å². The topological polar surface area (TPSA) is 71.6 Å². The second kappa shape index (κ2) is 8.75. The van der Waals surface area contributed by atoms with E-state index in [1.54, 1.807) is 43.5 Å². The van der Waals surface area contributed by atoms with Crippen molar-refractivity contribution in [1.82, 2.24) is 4.98 Å². The van der Waals surface area contributed by atoms with Crippen LogP contribution < -0.4 is 19.9 Å². The van der Waals surface area contributed by atoms with Gasteiger partial charge in [0.15, 0.2) is 0 Å². The Labute approximate surface area is 179 Å². The quantitative estimate of drug-likeness (QED) is 0.508. The summed E-state index contributed by atoms with van der Waals surface area (Å²) in [6.45, 7) is 0.0669. The van der Waals surface area contributed by atoms with Gasteiger partial charge in [0.05, 0.1) is 32.0 Å². The molecule has 0 aliphatic carbocycles. The number of pyridine rings is 1. The van der Waals surface area contributed by atoms with Gasteiger partial charge < -0.3 is 19.4 Å². The van der Waals surface area contributed by atoms with Crippen molar-refractivity contribution >= 4 is 22.5 Å². The number of hydrogen-bond donors (Lipinski definition) is 1. The van der Waals surface area contributed by atoms with E-state index in [1.807, 2.05) is 42.5 Å². The lowest BCUT2D eigenvalue weighted by Gasteiger charge is -2.25. The number of methoxy groups -OCH3 is 2. The van der Waals surface area contributed by atoms with Crippen LogP contribution in [0.5, 0.6) is 11.5 Å². The summed E-state index contributed by atoms with van der Waals surface area (Å²) in [6.07, 6.45) is 0. The molecule has 4 aromatic rings. The Kier molecular flexibility index (Phi) is 5.71. The second-order valence-corrected chi connectivity index (χ2v) is 6.97. The van der Waals surface area contributed by atoms with E-state index in [-0.39, 0.29) is 18.0 Å². The Hall–Kier alpha value is -4.06. The van der Waals surface area contributed by atoms with Crippen LogP contribution in [0.2, 0.25) is 0 Å². The van der Waals surface area contributed by atoms with E-state index < -0.39 is 0 Å². The molecule has 4 rings (SSSR count). The fraction of sp³-hybridized carbons (Fsp3) is 0.120. The van der Waals surface area contributed by atoms with Gasteiger partial charge in [-0.2, -0.15) is 0 Å². The Balaban J connectivity index is 1.84. The van der Waals surface area contributed by atoms with Crippen LogP contribution in [-0.4, -0.2) is 25.1 Å². The zero-order chi connectivity index (χ0) is 21.8. The van der Waals surface area contributed by atoms with Gasteiger partial charge in [-0.3, -0.25) is 9.59 Å². The normalized spacial score (nSPS) is 10.6. The van der Waals surface area contributed by atoms with Crippen molar-refractivity contribution in [2.75, 3.05) is 19.1 Å². The number of hydrogen-bond acceptors (Lipinski definition) is 4. The summed E-state index contributed by atoms with van der Waals surface area (Å²) in [7, 11) is 3.07. The highest BCUT2D eigenvalue weighted by molar-refractivity contribution is 6.08. The van der Waals surface area contributed by atoms with Crippen LogP contribution in [-0.2, 0) is 6.54 Å². The molecule has 31 heavy (non-hydrogen) atoms. The molecule has 0 saturated carbocycles. The predicted octanol–water partition coefficient (Wildman–Crippen LogP) is 4.39. The van der Waals surface area contributed by atoms with Gasteiger partial charge in [0.25, 0.3) is 11.5 Å². The number of nitrogens with one attached hydrogen (secondary N) is 1. The molecule has 0 radical (unpaired) electrons. The number of ether oxygens (including phenoxy) is 2. The lowest BCUT2D eigenvalue weighted by atomic mass is 10.1. The number of carbonyl (C=O) groups is 1. The number of rotatable bonds is 6. The van der Waals surface area contributed by atoms with Gasteiger partial charge in [-0.1, -0.05) is 42.5 Å². The first-order chi connectivity index (χ1) is 15.1. The maximum absolute atomic E-state index is 13.7. The summed E-state index contributed by atoms with van der Waals surface area (Å²) >= 11 is 0. The first kappa shape index (κ1) is 20.2. The number of nitrogens with zero attached hydrogens (tertiary/aromatic N) is 1. The molecular formula is C25H22N2O4. The monoisotopic (exact) mass is 414 g/mol. The Morgan fingerprint density at radius 1 is 0.871 bits per heavy atom. The number of amides is 1. The third kappa shape index (κ3) is 4.00. The summed E-state index contributed by atoms with van der Waals surface area (Å²) in [6, 6.07) is 23.6. The summed E-state index contributed by atoms with van der Waals surface area (Å²) in [5.41, 5.74) is 1.93. The number of aromatic nitrogens is 1. The zero-order valence-corrected chi connectivity index (χ0v) is 17.3. The van der Waals surface area contributed by atoms with Crippen LogP contribution in [0.1, 0.15) is 15.9 Å². The molecule has 1 aromatic heterocycles. The molecule has 0 aliphatic rings. The van der Waals surface area contributed by atoms with E-state index in [2.05, 4.69) is 4.98 Å². The molecule has 0 atom stereocenters. The maximum Gasteiger partial charge on any atom is 0.262 e. The molecule has 0 unspecified atom stereocenters. The van der Waals surface area contributed by atoms with E-state index in [4.69, 9.17) is 9.47 Å². The van der Waals surface area contributed by atoms with Gasteiger partial charge in [0.2, 0.25) is 0 Å². The number of fused-ring (bicyclic) bond motifs is 1. The summed E-state index contributed by atoms with van der Waals surface area (Å²) < 4.78 is 10.9. The number of benzene rings is 3. The van der Waals surface area contributed by atoms with Crippen molar-refractivity contribution in [2.24, 2.45) is 0 Å². The van der Waals surface area contributed by atoms with E-state index in [9.17, 15) is 9.59 Å². The van der Waals surface area contributed by atoms with Crippen LogP contribution in [0.3, 0.4) is 0 Å². The van der Waals surface area contributed by atoms with Gasteiger partial charge in [-0.25, -0.2) is 0 Å². The number of para-hydroxylation sites is 4. The number of H-pyrrole nitrogens is 1. The maximum atomic E-state index is 13.7. The van der Waals surface area contributed by atoms with Crippen LogP contribution >= 0.6 is 0 Å². The van der Waals surface area contributed by atoms with E-state index in [0.29, 0.717) is 28.3 Å². The highest BCUT2D eigenvalue weighted by atomic mass is 16.5. The molecule has 1 amide bonds. The van der Waals surface area contributed by atoms with Gasteiger partial charge in [-0.15, -0.1) is 0 Å². The largest absolute Gasteiger partial charge is 0.496 e. The average Bonchev–Trinajstić information content (AvgIpc) is 2.82. The predicted molar refractivity (Wildman–Crippen MR) is 121 cm³/mol. The molecule has 1 heterocycles. The van der Waals surface area contributed by atoms with Crippen molar-refractivity contribution < 1.29 is 14.3 Å². The Bertz CT molecular complexity index is 1300. The molecule has 156 valence electrons. The minimum atomic E-state index is -0.297. The number of carbonyl (C=O) groups excluding carboxylic acids is 1. The zero-order valence-electron chi connectivity index (χ0n) is 17.3. The first-order valence-electron chi connectivity index (χ1n) is 9.81. The van der Waals surface area contributed by atoms with Crippen molar-refractivity contribution in [3.63, 3.8) is 0 Å². The summed E-state index contributed by atoms with van der Waals surface area (Å²) in [5.74, 6) is 0.692. The molecule has 0 saturated heterocycles. The van der Waals surface area contributed by atoms with Gasteiger partial charge in [0.1, 0.15) is 11.5 Å². The third-order valence-corrected chi connectivity index (χ3v) is 5.12. The third-order valence-electron chi connectivity index (χ3n) is 5.12. The molecule has 6 heteroatoms. The lowest BCUT2D eigenvalue weighted by Crippen LogP contribution is -2.33. The number of anilines is 1. The Morgan fingerprint density at radius 2 is 1.52 bits per heavy atom. The molecule has 0 bridgehead atoms. The smallest absolute Gasteiger partial charge is 0.262 e. The fourth-order valence-corrected chi connectivity index (χ4v) is 3.57. The Morgan fingerprint density at radius 3 is 2.29 bits per heavy atom. The molecule has 3 aromatic carbocycles. The van der Waals surface area contributed by atoms with Crippen LogP contribution in [0.25, 0.3) is 10.9 Å².